The number of fused-ring (bicyclic) bond motifs is 1. The molecule has 1 aliphatic rings. The molecule has 8 heteroatoms. The van der Waals surface area contributed by atoms with Crippen molar-refractivity contribution >= 4 is 35.7 Å². The lowest BCUT2D eigenvalue weighted by atomic mass is 9.96. The molecule has 2 aromatic heterocycles. The molecule has 0 saturated heterocycles. The second-order valence-corrected chi connectivity index (χ2v) is 8.21. The van der Waals surface area contributed by atoms with Crippen LogP contribution in [0.1, 0.15) is 12.8 Å². The van der Waals surface area contributed by atoms with Crippen LogP contribution in [-0.2, 0) is 13.6 Å². The molecule has 4 aromatic rings. The molecule has 0 spiro atoms. The summed E-state index contributed by atoms with van der Waals surface area (Å²) in [4.78, 5) is 40.0. The molecule has 0 unspecified atom stereocenters. The van der Waals surface area contributed by atoms with Crippen LogP contribution in [0.4, 0.5) is 11.4 Å². The Kier molecular flexibility index (Phi) is 4.85. The molecule has 1 aliphatic carbocycles. The van der Waals surface area contributed by atoms with Gasteiger partial charge in [-0.2, -0.15) is 0 Å². The number of benzene rings is 2. The lowest BCUT2D eigenvalue weighted by Gasteiger charge is -2.19. The van der Waals surface area contributed by atoms with Gasteiger partial charge in [0.15, 0.2) is 0 Å². The van der Waals surface area contributed by atoms with Gasteiger partial charge in [-0.3, -0.25) is 18.7 Å². The minimum Gasteiger partial charge on any atom is -0.355 e. The summed E-state index contributed by atoms with van der Waals surface area (Å²) in [7, 11) is 7.35. The van der Waals surface area contributed by atoms with E-state index in [4.69, 9.17) is 7.85 Å². The fourth-order valence-corrected chi connectivity index (χ4v) is 3.94. The van der Waals surface area contributed by atoms with Gasteiger partial charge in [0, 0.05) is 25.3 Å². The van der Waals surface area contributed by atoms with E-state index in [2.05, 4.69) is 5.32 Å². The molecule has 1 saturated carbocycles. The minimum atomic E-state index is -0.444. The van der Waals surface area contributed by atoms with Gasteiger partial charge >= 0.3 is 5.69 Å². The Morgan fingerprint density at radius 2 is 1.69 bits per heavy atom. The molecule has 32 heavy (non-hydrogen) atoms. The minimum absolute atomic E-state index is 0.253. The number of hydrogen-bond acceptors (Lipinski definition) is 4. The summed E-state index contributed by atoms with van der Waals surface area (Å²) in [5.41, 5.74) is 1.30. The van der Waals surface area contributed by atoms with Crippen LogP contribution in [0.25, 0.3) is 16.7 Å². The highest BCUT2D eigenvalue weighted by Crippen LogP contribution is 2.30. The number of hydrogen-bond donors (Lipinski definition) is 1. The highest BCUT2D eigenvalue weighted by molar-refractivity contribution is 6.32. The van der Waals surface area contributed by atoms with Crippen LogP contribution < -0.4 is 27.6 Å². The first-order valence-electron chi connectivity index (χ1n) is 10.5. The van der Waals surface area contributed by atoms with Crippen LogP contribution in [0.15, 0.2) is 75.0 Å². The monoisotopic (exact) mass is 424 g/mol. The second-order valence-electron chi connectivity index (χ2n) is 8.21. The van der Waals surface area contributed by atoms with Crippen LogP contribution in [-0.4, -0.2) is 21.5 Å². The van der Waals surface area contributed by atoms with Crippen molar-refractivity contribution in [2.24, 2.45) is 13.0 Å². The number of aromatic nitrogens is 3. The third kappa shape index (κ3) is 3.47. The maximum atomic E-state index is 13.6. The third-order valence-corrected chi connectivity index (χ3v) is 5.84. The molecular formula is C24H21BN4O3. The van der Waals surface area contributed by atoms with E-state index >= 15 is 0 Å². The van der Waals surface area contributed by atoms with Crippen LogP contribution in [0, 0.1) is 5.92 Å². The van der Waals surface area contributed by atoms with Crippen molar-refractivity contribution in [3.8, 4) is 5.69 Å². The molecule has 5 rings (SSSR count). The smallest absolute Gasteiger partial charge is 0.337 e. The van der Waals surface area contributed by atoms with Gasteiger partial charge in [0.25, 0.3) is 11.1 Å². The Balaban J connectivity index is 1.87. The standard InChI is InChI=1S/C24H21BN4O3/c1-27-20(30)13-19(26-17-11-9-16(25)10-12-17)21-22(27)29(18-5-3-2-4-6-18)24(32)28(23(21)31)14-15-7-8-15/h2-6,9-13,15,26H,7-8,14H2,1H3. The number of anilines is 2. The Bertz CT molecular complexity index is 1500. The van der Waals surface area contributed by atoms with Crippen molar-refractivity contribution in [1.82, 2.24) is 13.7 Å². The average molecular weight is 424 g/mol. The molecule has 0 aliphatic heterocycles. The predicted octanol–water partition coefficient (Wildman–Crippen LogP) is 1.80. The second kappa shape index (κ2) is 7.71. The fourth-order valence-electron chi connectivity index (χ4n) is 3.94. The van der Waals surface area contributed by atoms with Gasteiger partial charge < -0.3 is 5.32 Å². The Morgan fingerprint density at radius 1 is 1.00 bits per heavy atom. The average Bonchev–Trinajstić information content (AvgIpc) is 3.61. The van der Waals surface area contributed by atoms with Gasteiger partial charge in [-0.15, -0.1) is 0 Å². The highest BCUT2D eigenvalue weighted by atomic mass is 16.2. The predicted molar refractivity (Wildman–Crippen MR) is 127 cm³/mol. The zero-order valence-electron chi connectivity index (χ0n) is 17.6. The number of nitrogens with zero attached hydrogens (tertiary/aromatic N) is 3. The maximum Gasteiger partial charge on any atom is 0.337 e. The van der Waals surface area contributed by atoms with Crippen molar-refractivity contribution in [3.05, 3.63) is 91.9 Å². The molecule has 1 fully saturated rings. The first-order valence-corrected chi connectivity index (χ1v) is 10.5. The van der Waals surface area contributed by atoms with Gasteiger partial charge in [-0.1, -0.05) is 35.8 Å². The van der Waals surface area contributed by atoms with E-state index in [0.29, 0.717) is 35.0 Å². The summed E-state index contributed by atoms with van der Waals surface area (Å²) in [5.74, 6) is 0.322. The van der Waals surface area contributed by atoms with Crippen LogP contribution in [0.2, 0.25) is 0 Å². The van der Waals surface area contributed by atoms with E-state index in [1.165, 1.54) is 19.8 Å². The number of pyridine rings is 1. The van der Waals surface area contributed by atoms with Crippen molar-refractivity contribution in [2.45, 2.75) is 19.4 Å². The summed E-state index contributed by atoms with van der Waals surface area (Å²) in [6.07, 6.45) is 2.00. The molecule has 0 atom stereocenters. The van der Waals surface area contributed by atoms with Gasteiger partial charge in [-0.25, -0.2) is 9.36 Å². The summed E-state index contributed by atoms with van der Waals surface area (Å²) >= 11 is 0. The van der Waals surface area contributed by atoms with Crippen molar-refractivity contribution in [2.75, 3.05) is 5.32 Å². The molecule has 158 valence electrons. The topological polar surface area (TPSA) is 78.0 Å². The van der Waals surface area contributed by atoms with E-state index in [0.717, 1.165) is 12.8 Å². The SMILES string of the molecule is [B]c1ccc(Nc2cc(=O)n(C)c3c2c(=O)n(CC2CC2)c(=O)n3-c2ccccc2)cc1. The molecule has 7 nitrogen and oxygen atoms in total. The van der Waals surface area contributed by atoms with Gasteiger partial charge in [0.2, 0.25) is 0 Å². The zero-order valence-corrected chi connectivity index (χ0v) is 17.6. The van der Waals surface area contributed by atoms with Crippen LogP contribution in [0.5, 0.6) is 0 Å². The van der Waals surface area contributed by atoms with Gasteiger partial charge in [0.05, 0.1) is 11.4 Å². The van der Waals surface area contributed by atoms with E-state index < -0.39 is 11.2 Å². The molecule has 2 aromatic carbocycles. The van der Waals surface area contributed by atoms with E-state index in [-0.39, 0.29) is 16.6 Å². The molecule has 0 bridgehead atoms. The number of para-hydroxylation sites is 1. The van der Waals surface area contributed by atoms with Crippen molar-refractivity contribution in [3.63, 3.8) is 0 Å². The van der Waals surface area contributed by atoms with E-state index in [1.54, 1.807) is 43.4 Å². The maximum absolute atomic E-state index is 13.6. The van der Waals surface area contributed by atoms with Crippen LogP contribution in [0.3, 0.4) is 0 Å². The van der Waals surface area contributed by atoms with Crippen molar-refractivity contribution < 1.29 is 0 Å². The number of rotatable bonds is 5. The number of aryl methyl sites for hydroxylation is 1. The normalized spacial score (nSPS) is 13.4. The Morgan fingerprint density at radius 3 is 2.34 bits per heavy atom. The van der Waals surface area contributed by atoms with Crippen molar-refractivity contribution in [1.29, 1.82) is 0 Å². The van der Waals surface area contributed by atoms with Gasteiger partial charge in [0.1, 0.15) is 18.9 Å². The van der Waals surface area contributed by atoms with Gasteiger partial charge in [-0.05, 0) is 43.0 Å². The lowest BCUT2D eigenvalue weighted by Crippen LogP contribution is -2.42. The quantitative estimate of drug-likeness (QED) is 0.496. The van der Waals surface area contributed by atoms with E-state index in [9.17, 15) is 14.4 Å². The first kappa shape index (κ1) is 20.1. The molecule has 2 heterocycles. The largest absolute Gasteiger partial charge is 0.355 e. The zero-order chi connectivity index (χ0) is 22.4. The summed E-state index contributed by atoms with van der Waals surface area (Å²) in [6.45, 7) is 0.366. The van der Waals surface area contributed by atoms with Crippen LogP contribution >= 0.6 is 0 Å². The third-order valence-electron chi connectivity index (χ3n) is 5.84. The fraction of sp³-hybridized carbons (Fsp3) is 0.208. The lowest BCUT2D eigenvalue weighted by molar-refractivity contribution is 0.567. The molecule has 2 radical (unpaired) electrons. The summed E-state index contributed by atoms with van der Waals surface area (Å²) in [5, 5.41) is 3.46. The van der Waals surface area contributed by atoms with E-state index in [1.807, 2.05) is 18.2 Å². The number of nitrogens with one attached hydrogen (secondary N) is 1. The molecule has 1 N–H and O–H groups in total. The molecule has 0 amide bonds. The summed E-state index contributed by atoms with van der Waals surface area (Å²) in [6, 6.07) is 17.5. The Labute approximate surface area is 185 Å². The Hall–Kier alpha value is -3.81. The first-order chi connectivity index (χ1) is 15.4. The summed E-state index contributed by atoms with van der Waals surface area (Å²) < 4.78 is 4.10. The highest BCUT2D eigenvalue weighted by Gasteiger charge is 2.26. The molecular weight excluding hydrogens is 403 g/mol.